The summed E-state index contributed by atoms with van der Waals surface area (Å²) < 4.78 is 39.7. The van der Waals surface area contributed by atoms with Crippen LogP contribution in [0.3, 0.4) is 0 Å². The molecule has 3 nitrogen and oxygen atoms in total. The van der Waals surface area contributed by atoms with Gasteiger partial charge in [-0.05, 0) is 30.3 Å². The van der Waals surface area contributed by atoms with Crippen molar-refractivity contribution in [2.24, 2.45) is 0 Å². The van der Waals surface area contributed by atoms with Gasteiger partial charge in [0.1, 0.15) is 10.7 Å². The summed E-state index contributed by atoms with van der Waals surface area (Å²) >= 11 is 5.67. The van der Waals surface area contributed by atoms with Gasteiger partial charge in [-0.3, -0.25) is 4.72 Å². The van der Waals surface area contributed by atoms with Crippen molar-refractivity contribution in [2.45, 2.75) is 4.90 Å². The molecule has 0 aliphatic carbocycles. The highest BCUT2D eigenvalue weighted by atomic mass is 35.5. The summed E-state index contributed by atoms with van der Waals surface area (Å²) in [6, 6.07) is 11.6. The molecule has 2 aromatic rings. The zero-order chi connectivity index (χ0) is 13.2. The smallest absolute Gasteiger partial charge is 0.264 e. The number of hydrogen-bond donors (Lipinski definition) is 1. The quantitative estimate of drug-likeness (QED) is 0.941. The van der Waals surface area contributed by atoms with Crippen molar-refractivity contribution in [3.63, 3.8) is 0 Å². The average molecular weight is 286 g/mol. The van der Waals surface area contributed by atoms with E-state index in [1.807, 2.05) is 0 Å². The maximum Gasteiger partial charge on any atom is 0.264 e. The van der Waals surface area contributed by atoms with Crippen LogP contribution in [0.1, 0.15) is 0 Å². The number of sulfonamides is 1. The van der Waals surface area contributed by atoms with E-state index >= 15 is 0 Å². The van der Waals surface area contributed by atoms with E-state index < -0.39 is 20.7 Å². The molecule has 0 unspecified atom stereocenters. The van der Waals surface area contributed by atoms with Crippen molar-refractivity contribution >= 4 is 27.3 Å². The van der Waals surface area contributed by atoms with Crippen LogP contribution in [0.2, 0.25) is 5.02 Å². The van der Waals surface area contributed by atoms with Crippen molar-refractivity contribution in [1.29, 1.82) is 0 Å². The molecule has 0 aliphatic heterocycles. The van der Waals surface area contributed by atoms with E-state index in [1.165, 1.54) is 6.07 Å². The molecule has 94 valence electrons. The molecule has 18 heavy (non-hydrogen) atoms. The van der Waals surface area contributed by atoms with Gasteiger partial charge in [-0.25, -0.2) is 12.8 Å². The first-order valence-electron chi connectivity index (χ1n) is 5.02. The Morgan fingerprint density at radius 1 is 1.06 bits per heavy atom. The molecule has 1 N–H and O–H groups in total. The maximum absolute atomic E-state index is 13.5. The normalized spacial score (nSPS) is 11.2. The van der Waals surface area contributed by atoms with Gasteiger partial charge < -0.3 is 0 Å². The number of hydrogen-bond acceptors (Lipinski definition) is 2. The van der Waals surface area contributed by atoms with E-state index in [1.54, 1.807) is 30.3 Å². The summed E-state index contributed by atoms with van der Waals surface area (Å²) in [4.78, 5) is -0.473. The highest BCUT2D eigenvalue weighted by Gasteiger charge is 2.19. The van der Waals surface area contributed by atoms with E-state index in [0.717, 1.165) is 12.1 Å². The van der Waals surface area contributed by atoms with Crippen LogP contribution in [-0.4, -0.2) is 8.42 Å². The third kappa shape index (κ3) is 2.80. The number of rotatable bonds is 3. The third-order valence-corrected chi connectivity index (χ3v) is 3.84. The van der Waals surface area contributed by atoms with Gasteiger partial charge >= 0.3 is 0 Å². The molecule has 0 atom stereocenters. The van der Waals surface area contributed by atoms with Crippen molar-refractivity contribution in [2.75, 3.05) is 4.72 Å². The number of nitrogens with one attached hydrogen (secondary N) is 1. The van der Waals surface area contributed by atoms with Crippen LogP contribution >= 0.6 is 11.6 Å². The van der Waals surface area contributed by atoms with E-state index in [0.29, 0.717) is 5.69 Å². The van der Waals surface area contributed by atoms with Crippen LogP contribution in [0, 0.1) is 5.82 Å². The summed E-state index contributed by atoms with van der Waals surface area (Å²) in [5.41, 5.74) is 0.358. The van der Waals surface area contributed by atoms with Crippen LogP contribution in [-0.2, 0) is 10.0 Å². The monoisotopic (exact) mass is 285 g/mol. The van der Waals surface area contributed by atoms with Gasteiger partial charge in [-0.15, -0.1) is 0 Å². The highest BCUT2D eigenvalue weighted by molar-refractivity contribution is 7.92. The van der Waals surface area contributed by atoms with Crippen molar-refractivity contribution < 1.29 is 12.8 Å². The van der Waals surface area contributed by atoms with Crippen LogP contribution in [0.15, 0.2) is 53.4 Å². The Morgan fingerprint density at radius 2 is 1.72 bits per heavy atom. The van der Waals surface area contributed by atoms with E-state index in [2.05, 4.69) is 4.72 Å². The van der Waals surface area contributed by atoms with Gasteiger partial charge in [-0.2, -0.15) is 0 Å². The van der Waals surface area contributed by atoms with Crippen LogP contribution in [0.4, 0.5) is 10.1 Å². The van der Waals surface area contributed by atoms with Crippen LogP contribution in [0.25, 0.3) is 0 Å². The van der Waals surface area contributed by atoms with Gasteiger partial charge in [0.15, 0.2) is 0 Å². The molecule has 0 saturated carbocycles. The standard InChI is InChI=1S/C12H9ClFNO2S/c13-9-6-7-11(14)12(8-9)18(16,17)15-10-4-2-1-3-5-10/h1-8,15H. The van der Waals surface area contributed by atoms with Gasteiger partial charge in [0.05, 0.1) is 0 Å². The molecule has 0 bridgehead atoms. The first-order chi connectivity index (χ1) is 8.49. The predicted octanol–water partition coefficient (Wildman–Crippen LogP) is 3.28. The first kappa shape index (κ1) is 12.9. The Morgan fingerprint density at radius 3 is 2.39 bits per heavy atom. The van der Waals surface area contributed by atoms with Crippen molar-refractivity contribution in [3.05, 3.63) is 59.4 Å². The lowest BCUT2D eigenvalue weighted by atomic mass is 10.3. The molecule has 0 aliphatic rings. The Bertz CT molecular complexity index is 659. The fourth-order valence-electron chi connectivity index (χ4n) is 1.40. The highest BCUT2D eigenvalue weighted by Crippen LogP contribution is 2.22. The number of anilines is 1. The Kier molecular flexibility index (Phi) is 3.54. The van der Waals surface area contributed by atoms with Gasteiger partial charge in [-0.1, -0.05) is 29.8 Å². The summed E-state index contributed by atoms with van der Waals surface area (Å²) in [5, 5.41) is 0.157. The second kappa shape index (κ2) is 4.96. The Labute approximate surface area is 109 Å². The predicted molar refractivity (Wildman–Crippen MR) is 68.7 cm³/mol. The molecular formula is C12H9ClFNO2S. The molecule has 0 amide bonds. The lowest BCUT2D eigenvalue weighted by molar-refractivity contribution is 0.570. The van der Waals surface area contributed by atoms with Gasteiger partial charge in [0.25, 0.3) is 10.0 Å². The topological polar surface area (TPSA) is 46.2 Å². The van der Waals surface area contributed by atoms with E-state index in [-0.39, 0.29) is 5.02 Å². The minimum absolute atomic E-state index is 0.157. The molecule has 0 aromatic heterocycles. The molecule has 0 fully saturated rings. The number of halogens is 2. The fraction of sp³-hybridized carbons (Fsp3) is 0. The molecule has 0 radical (unpaired) electrons. The lowest BCUT2D eigenvalue weighted by Gasteiger charge is -2.08. The van der Waals surface area contributed by atoms with Crippen molar-refractivity contribution in [1.82, 2.24) is 0 Å². The molecule has 2 rings (SSSR count). The third-order valence-electron chi connectivity index (χ3n) is 2.21. The summed E-state index contributed by atoms with van der Waals surface area (Å²) in [7, 11) is -3.98. The summed E-state index contributed by atoms with van der Waals surface area (Å²) in [6.45, 7) is 0. The summed E-state index contributed by atoms with van der Waals surface area (Å²) in [5.74, 6) is -0.845. The number of benzene rings is 2. The average Bonchev–Trinajstić information content (AvgIpc) is 2.33. The second-order valence-electron chi connectivity index (χ2n) is 3.55. The second-order valence-corrected chi connectivity index (χ2v) is 5.63. The largest absolute Gasteiger partial charge is 0.280 e. The molecule has 2 aromatic carbocycles. The zero-order valence-electron chi connectivity index (χ0n) is 9.10. The van der Waals surface area contributed by atoms with Crippen LogP contribution in [0.5, 0.6) is 0 Å². The zero-order valence-corrected chi connectivity index (χ0v) is 10.7. The SMILES string of the molecule is O=S(=O)(Nc1ccccc1)c1cc(Cl)ccc1F. The minimum Gasteiger partial charge on any atom is -0.280 e. The number of para-hydroxylation sites is 1. The Hall–Kier alpha value is -1.59. The first-order valence-corrected chi connectivity index (χ1v) is 6.88. The maximum atomic E-state index is 13.5. The molecule has 0 spiro atoms. The molecule has 0 heterocycles. The Balaban J connectivity index is 2.40. The fourth-order valence-corrected chi connectivity index (χ4v) is 2.80. The van der Waals surface area contributed by atoms with Gasteiger partial charge in [0, 0.05) is 10.7 Å². The van der Waals surface area contributed by atoms with Gasteiger partial charge in [0.2, 0.25) is 0 Å². The molecule has 0 saturated heterocycles. The summed E-state index contributed by atoms with van der Waals surface area (Å²) in [6.07, 6.45) is 0. The lowest BCUT2D eigenvalue weighted by Crippen LogP contribution is -2.14. The minimum atomic E-state index is -3.98. The van der Waals surface area contributed by atoms with Crippen molar-refractivity contribution in [3.8, 4) is 0 Å². The van der Waals surface area contributed by atoms with E-state index in [4.69, 9.17) is 11.6 Å². The molecular weight excluding hydrogens is 277 g/mol. The van der Waals surface area contributed by atoms with E-state index in [9.17, 15) is 12.8 Å². The molecule has 6 heteroatoms. The van der Waals surface area contributed by atoms with Crippen LogP contribution < -0.4 is 4.72 Å².